The third-order valence-corrected chi connectivity index (χ3v) is 6.96. The Morgan fingerprint density at radius 1 is 1.32 bits per heavy atom. The smallest absolute Gasteiger partial charge is 0.314 e. The molecule has 154 valence electrons. The van der Waals surface area contributed by atoms with Gasteiger partial charge in [-0.05, 0) is 61.5 Å². The van der Waals surface area contributed by atoms with E-state index >= 15 is 0 Å². The number of fused-ring (bicyclic) bond motifs is 3. The Balaban J connectivity index is 1.31. The molecule has 0 spiro atoms. The van der Waals surface area contributed by atoms with Gasteiger partial charge in [-0.15, -0.1) is 0 Å². The molecule has 2 amide bonds. The van der Waals surface area contributed by atoms with Crippen molar-refractivity contribution in [1.29, 1.82) is 0 Å². The van der Waals surface area contributed by atoms with Gasteiger partial charge in [-0.1, -0.05) is 24.3 Å². The number of carbonyl (C=O) groups is 1. The molecular formula is C22H32N2O4. The van der Waals surface area contributed by atoms with Crippen molar-refractivity contribution in [1.82, 2.24) is 10.6 Å². The maximum Gasteiger partial charge on any atom is 0.314 e. The predicted octanol–water partition coefficient (Wildman–Crippen LogP) is 2.34. The number of carbonyl (C=O) groups excluding carboxylic acids is 1. The summed E-state index contributed by atoms with van der Waals surface area (Å²) in [5.74, 6) is 1.10. The van der Waals surface area contributed by atoms with Crippen LogP contribution >= 0.6 is 0 Å². The topological polar surface area (TPSA) is 79.8 Å². The van der Waals surface area contributed by atoms with Crippen LogP contribution in [0.3, 0.4) is 0 Å². The third-order valence-electron chi connectivity index (χ3n) is 6.96. The van der Waals surface area contributed by atoms with Crippen LogP contribution in [-0.2, 0) is 21.5 Å². The molecule has 2 bridgehead atoms. The fourth-order valence-corrected chi connectivity index (χ4v) is 5.57. The number of methoxy groups -OCH3 is 1. The minimum atomic E-state index is -0.663. The molecule has 2 saturated carbocycles. The van der Waals surface area contributed by atoms with Crippen molar-refractivity contribution in [3.63, 3.8) is 0 Å². The van der Waals surface area contributed by atoms with Crippen LogP contribution < -0.4 is 10.6 Å². The second kappa shape index (κ2) is 8.01. The summed E-state index contributed by atoms with van der Waals surface area (Å²) < 4.78 is 11.5. The summed E-state index contributed by atoms with van der Waals surface area (Å²) in [7, 11) is 1.65. The molecular weight excluding hydrogens is 356 g/mol. The minimum Gasteiger partial charge on any atom is -0.390 e. The molecule has 1 aromatic rings. The summed E-state index contributed by atoms with van der Waals surface area (Å²) in [5.41, 5.74) is 1.08. The van der Waals surface area contributed by atoms with Gasteiger partial charge in [-0.25, -0.2) is 4.79 Å². The van der Waals surface area contributed by atoms with E-state index in [4.69, 9.17) is 9.47 Å². The molecule has 2 aliphatic carbocycles. The Labute approximate surface area is 167 Å². The van der Waals surface area contributed by atoms with Crippen LogP contribution in [0.4, 0.5) is 4.79 Å². The molecule has 1 heterocycles. The highest BCUT2D eigenvalue weighted by Gasteiger charge is 2.49. The zero-order valence-corrected chi connectivity index (χ0v) is 16.7. The van der Waals surface area contributed by atoms with Crippen molar-refractivity contribution in [3.8, 4) is 0 Å². The number of amides is 2. The molecule has 6 heteroatoms. The number of hydrogen-bond acceptors (Lipinski definition) is 4. The van der Waals surface area contributed by atoms with Gasteiger partial charge in [0.2, 0.25) is 0 Å². The van der Waals surface area contributed by atoms with Gasteiger partial charge in [-0.2, -0.15) is 0 Å². The number of benzene rings is 1. The van der Waals surface area contributed by atoms with Crippen molar-refractivity contribution in [2.24, 2.45) is 11.8 Å². The normalized spacial score (nSPS) is 33.5. The first kappa shape index (κ1) is 19.7. The molecule has 0 radical (unpaired) electrons. The molecule has 4 unspecified atom stereocenters. The Hall–Kier alpha value is -1.63. The maximum absolute atomic E-state index is 12.4. The first-order chi connectivity index (χ1) is 13.5. The summed E-state index contributed by atoms with van der Waals surface area (Å²) in [6.07, 6.45) is 5.92. The number of urea groups is 1. The first-order valence-electron chi connectivity index (χ1n) is 10.5. The van der Waals surface area contributed by atoms with Gasteiger partial charge in [-0.3, -0.25) is 0 Å². The molecule has 3 aliphatic rings. The van der Waals surface area contributed by atoms with Crippen molar-refractivity contribution in [2.75, 3.05) is 33.4 Å². The number of rotatable bonds is 7. The average Bonchev–Trinajstić information content (AvgIpc) is 3.28. The lowest BCUT2D eigenvalue weighted by Crippen LogP contribution is -2.51. The number of nitrogens with one attached hydrogen (secondary N) is 2. The molecule has 3 N–H and O–H groups in total. The molecule has 1 aliphatic heterocycles. The van der Waals surface area contributed by atoms with Gasteiger partial charge in [0, 0.05) is 13.7 Å². The van der Waals surface area contributed by atoms with E-state index in [0.29, 0.717) is 44.6 Å². The van der Waals surface area contributed by atoms with E-state index < -0.39 is 11.2 Å². The van der Waals surface area contributed by atoms with E-state index in [9.17, 15) is 9.90 Å². The van der Waals surface area contributed by atoms with E-state index in [1.165, 1.54) is 12.0 Å². The average molecular weight is 389 g/mol. The van der Waals surface area contributed by atoms with Crippen molar-refractivity contribution in [3.05, 3.63) is 35.4 Å². The van der Waals surface area contributed by atoms with Crippen LogP contribution in [0.25, 0.3) is 0 Å². The highest BCUT2D eigenvalue weighted by atomic mass is 16.5. The number of aliphatic hydroxyl groups is 1. The van der Waals surface area contributed by atoms with Gasteiger partial charge < -0.3 is 25.2 Å². The van der Waals surface area contributed by atoms with Crippen LogP contribution in [0.1, 0.15) is 43.2 Å². The quantitative estimate of drug-likeness (QED) is 0.670. The Morgan fingerprint density at radius 2 is 2.18 bits per heavy atom. The SMILES string of the molecule is COCC1(CNC(=O)NCCC2(O)CC3CCC2C3)OCCc2ccccc21. The highest BCUT2D eigenvalue weighted by Crippen LogP contribution is 2.51. The van der Waals surface area contributed by atoms with Crippen molar-refractivity contribution >= 4 is 6.03 Å². The highest BCUT2D eigenvalue weighted by molar-refractivity contribution is 5.74. The standard InChI is InChI=1S/C22H32N2O4/c1-27-15-22(19-5-3-2-4-17(19)8-11-28-22)14-24-20(25)23-10-9-21(26)13-16-6-7-18(21)12-16/h2-5,16,18,26H,6-15H2,1H3,(H2,23,24,25). The molecule has 0 saturated heterocycles. The number of hydrogen-bond donors (Lipinski definition) is 3. The van der Waals surface area contributed by atoms with E-state index in [-0.39, 0.29) is 6.03 Å². The first-order valence-corrected chi connectivity index (χ1v) is 10.5. The molecule has 6 nitrogen and oxygen atoms in total. The van der Waals surface area contributed by atoms with Crippen molar-refractivity contribution < 1.29 is 19.4 Å². The van der Waals surface area contributed by atoms with E-state index in [2.05, 4.69) is 22.8 Å². The molecule has 4 rings (SSSR count). The molecule has 2 fully saturated rings. The second-order valence-corrected chi connectivity index (χ2v) is 8.73. The minimum absolute atomic E-state index is 0.228. The van der Waals surface area contributed by atoms with E-state index in [1.54, 1.807) is 7.11 Å². The lowest BCUT2D eigenvalue weighted by atomic mass is 9.82. The maximum atomic E-state index is 12.4. The van der Waals surface area contributed by atoms with E-state index in [0.717, 1.165) is 31.2 Å². The fourth-order valence-electron chi connectivity index (χ4n) is 5.57. The summed E-state index contributed by atoms with van der Waals surface area (Å²) >= 11 is 0. The van der Waals surface area contributed by atoms with Crippen LogP contribution in [-0.4, -0.2) is 50.2 Å². The Bertz CT molecular complexity index is 712. The summed E-state index contributed by atoms with van der Waals surface area (Å²) in [4.78, 5) is 12.4. The van der Waals surface area contributed by atoms with Gasteiger partial charge in [0.15, 0.2) is 0 Å². The Kier molecular flexibility index (Phi) is 5.63. The third kappa shape index (κ3) is 3.78. The van der Waals surface area contributed by atoms with Gasteiger partial charge in [0.1, 0.15) is 5.60 Å². The molecule has 28 heavy (non-hydrogen) atoms. The summed E-state index contributed by atoms with van der Waals surface area (Å²) in [5, 5.41) is 16.7. The van der Waals surface area contributed by atoms with Crippen molar-refractivity contribution in [2.45, 2.75) is 49.7 Å². The monoisotopic (exact) mass is 388 g/mol. The lowest BCUT2D eigenvalue weighted by molar-refractivity contribution is -0.0994. The van der Waals surface area contributed by atoms with Gasteiger partial charge in [0.05, 0.1) is 25.4 Å². The Morgan fingerprint density at radius 3 is 2.93 bits per heavy atom. The fraction of sp³-hybridized carbons (Fsp3) is 0.682. The zero-order chi connectivity index (χ0) is 19.6. The summed E-state index contributed by atoms with van der Waals surface area (Å²) in [6, 6.07) is 7.96. The van der Waals surface area contributed by atoms with E-state index in [1.807, 2.05) is 12.1 Å². The largest absolute Gasteiger partial charge is 0.390 e. The van der Waals surface area contributed by atoms with Crippen LogP contribution in [0.5, 0.6) is 0 Å². The van der Waals surface area contributed by atoms with Gasteiger partial charge >= 0.3 is 6.03 Å². The van der Waals surface area contributed by atoms with Crippen LogP contribution in [0.2, 0.25) is 0 Å². The zero-order valence-electron chi connectivity index (χ0n) is 16.7. The second-order valence-electron chi connectivity index (χ2n) is 8.73. The van der Waals surface area contributed by atoms with Crippen LogP contribution in [0, 0.1) is 11.8 Å². The summed E-state index contributed by atoms with van der Waals surface area (Å²) in [6.45, 7) is 1.82. The molecule has 1 aromatic carbocycles. The molecule has 0 aromatic heterocycles. The number of ether oxygens (including phenoxy) is 2. The molecule has 4 atom stereocenters. The van der Waals surface area contributed by atoms with Gasteiger partial charge in [0.25, 0.3) is 0 Å². The predicted molar refractivity (Wildman–Crippen MR) is 106 cm³/mol. The lowest BCUT2D eigenvalue weighted by Gasteiger charge is -2.38. The van der Waals surface area contributed by atoms with Crippen LogP contribution in [0.15, 0.2) is 24.3 Å².